The summed E-state index contributed by atoms with van der Waals surface area (Å²) in [6.45, 7) is 5.38. The van der Waals surface area contributed by atoms with E-state index in [-0.39, 0.29) is 6.61 Å². The van der Waals surface area contributed by atoms with E-state index >= 15 is 0 Å². The zero-order valence-corrected chi connectivity index (χ0v) is 18.8. The number of aliphatic hydroxyl groups excluding tert-OH is 1. The number of nitrogens with one attached hydrogen (secondary N) is 1. The maximum atomic E-state index is 9.60. The molecular weight excluding hydrogens is 374 g/mol. The van der Waals surface area contributed by atoms with Crippen LogP contribution in [0.25, 0.3) is 22.0 Å². The minimum Gasteiger partial charge on any atom is -0.497 e. The van der Waals surface area contributed by atoms with Gasteiger partial charge in [-0.1, -0.05) is 26.0 Å². The second kappa shape index (κ2) is 10.6. The molecule has 0 saturated carbocycles. The van der Waals surface area contributed by atoms with Gasteiger partial charge < -0.3 is 19.6 Å². The molecule has 0 bridgehead atoms. The summed E-state index contributed by atoms with van der Waals surface area (Å²) in [6.07, 6.45) is 4.72. The third kappa shape index (κ3) is 4.71. The molecule has 1 heterocycles. The fourth-order valence-electron chi connectivity index (χ4n) is 4.39. The minimum atomic E-state index is 0.211. The van der Waals surface area contributed by atoms with Crippen molar-refractivity contribution < 1.29 is 14.6 Å². The SMILES string of the molecule is CCc1cc(-c2ccc(OC)cc2)cc2c(CCCOC)c(C(CC)CCO)[nH]c12. The highest BCUT2D eigenvalue weighted by Crippen LogP contribution is 2.37. The molecule has 0 fully saturated rings. The van der Waals surface area contributed by atoms with Gasteiger partial charge in [0.2, 0.25) is 0 Å². The van der Waals surface area contributed by atoms with E-state index < -0.39 is 0 Å². The zero-order chi connectivity index (χ0) is 21.5. The number of H-pyrrole nitrogens is 1. The fourth-order valence-corrected chi connectivity index (χ4v) is 4.39. The average Bonchev–Trinajstić information content (AvgIpc) is 3.15. The molecule has 2 aromatic carbocycles. The van der Waals surface area contributed by atoms with E-state index in [1.165, 1.54) is 38.9 Å². The molecule has 0 aliphatic heterocycles. The smallest absolute Gasteiger partial charge is 0.118 e. The molecule has 3 rings (SSSR count). The second-order valence-electron chi connectivity index (χ2n) is 7.87. The number of methoxy groups -OCH3 is 2. The van der Waals surface area contributed by atoms with Gasteiger partial charge in [0.25, 0.3) is 0 Å². The quantitative estimate of drug-likeness (QED) is 0.390. The number of ether oxygens (including phenoxy) is 2. The molecule has 30 heavy (non-hydrogen) atoms. The molecule has 3 aromatic rings. The number of aromatic amines is 1. The van der Waals surface area contributed by atoms with Gasteiger partial charge in [0, 0.05) is 42.8 Å². The van der Waals surface area contributed by atoms with Gasteiger partial charge in [-0.15, -0.1) is 0 Å². The molecule has 1 atom stereocenters. The third-order valence-electron chi connectivity index (χ3n) is 6.09. The first-order chi connectivity index (χ1) is 14.7. The lowest BCUT2D eigenvalue weighted by molar-refractivity contribution is 0.195. The largest absolute Gasteiger partial charge is 0.497 e. The molecule has 1 unspecified atom stereocenters. The molecule has 0 aliphatic carbocycles. The van der Waals surface area contributed by atoms with E-state index in [2.05, 4.69) is 43.1 Å². The van der Waals surface area contributed by atoms with Gasteiger partial charge in [0.05, 0.1) is 7.11 Å². The van der Waals surface area contributed by atoms with Gasteiger partial charge in [-0.25, -0.2) is 0 Å². The highest BCUT2D eigenvalue weighted by Gasteiger charge is 2.20. The van der Waals surface area contributed by atoms with Crippen molar-refractivity contribution in [2.45, 2.75) is 51.9 Å². The lowest BCUT2D eigenvalue weighted by Crippen LogP contribution is -2.05. The van der Waals surface area contributed by atoms with Crippen LogP contribution in [-0.4, -0.2) is 37.5 Å². The summed E-state index contributed by atoms with van der Waals surface area (Å²) >= 11 is 0. The van der Waals surface area contributed by atoms with E-state index in [1.807, 2.05) is 12.1 Å². The number of aromatic nitrogens is 1. The fraction of sp³-hybridized carbons (Fsp3) is 0.462. The maximum absolute atomic E-state index is 9.60. The summed E-state index contributed by atoms with van der Waals surface area (Å²) in [5, 5.41) is 10.9. The van der Waals surface area contributed by atoms with E-state index in [0.29, 0.717) is 5.92 Å². The highest BCUT2D eigenvalue weighted by molar-refractivity contribution is 5.92. The molecule has 0 aliphatic rings. The summed E-state index contributed by atoms with van der Waals surface area (Å²) in [4.78, 5) is 3.77. The van der Waals surface area contributed by atoms with Crippen molar-refractivity contribution in [3.63, 3.8) is 0 Å². The number of fused-ring (bicyclic) bond motifs is 1. The Kier molecular flexibility index (Phi) is 7.94. The van der Waals surface area contributed by atoms with Crippen LogP contribution in [-0.2, 0) is 17.6 Å². The number of aliphatic hydroxyl groups is 1. The van der Waals surface area contributed by atoms with Crippen molar-refractivity contribution in [3.8, 4) is 16.9 Å². The third-order valence-corrected chi connectivity index (χ3v) is 6.09. The van der Waals surface area contributed by atoms with Crippen molar-refractivity contribution in [1.29, 1.82) is 0 Å². The first kappa shape index (κ1) is 22.4. The first-order valence-corrected chi connectivity index (χ1v) is 11.1. The molecule has 4 nitrogen and oxygen atoms in total. The zero-order valence-electron chi connectivity index (χ0n) is 18.8. The summed E-state index contributed by atoms with van der Waals surface area (Å²) in [5.74, 6) is 1.21. The average molecular weight is 410 g/mol. The van der Waals surface area contributed by atoms with Crippen molar-refractivity contribution >= 4 is 10.9 Å². The number of hydrogen-bond donors (Lipinski definition) is 2. The number of aryl methyl sites for hydroxylation is 2. The summed E-state index contributed by atoms with van der Waals surface area (Å²) in [6, 6.07) is 12.9. The summed E-state index contributed by atoms with van der Waals surface area (Å²) in [5.41, 5.74) is 7.67. The van der Waals surface area contributed by atoms with Crippen LogP contribution in [0.2, 0.25) is 0 Å². The Balaban J connectivity index is 2.16. The summed E-state index contributed by atoms with van der Waals surface area (Å²) in [7, 11) is 3.45. The van der Waals surface area contributed by atoms with Gasteiger partial charge in [-0.3, -0.25) is 0 Å². The van der Waals surface area contributed by atoms with Crippen LogP contribution < -0.4 is 4.74 Å². The Morgan fingerprint density at radius 2 is 1.80 bits per heavy atom. The van der Waals surface area contributed by atoms with Gasteiger partial charge in [-0.2, -0.15) is 0 Å². The van der Waals surface area contributed by atoms with Crippen molar-refractivity contribution in [3.05, 3.63) is 53.2 Å². The van der Waals surface area contributed by atoms with Crippen LogP contribution in [0.5, 0.6) is 5.75 Å². The van der Waals surface area contributed by atoms with E-state index in [1.54, 1.807) is 14.2 Å². The molecule has 0 radical (unpaired) electrons. The lowest BCUT2D eigenvalue weighted by atomic mass is 9.91. The monoisotopic (exact) mass is 409 g/mol. The molecule has 4 heteroatoms. The normalized spacial score (nSPS) is 12.4. The summed E-state index contributed by atoms with van der Waals surface area (Å²) < 4.78 is 10.6. The molecule has 0 spiro atoms. The van der Waals surface area contributed by atoms with Crippen LogP contribution in [0.3, 0.4) is 0 Å². The number of benzene rings is 2. The van der Waals surface area contributed by atoms with Crippen LogP contribution in [0.1, 0.15) is 55.8 Å². The van der Waals surface area contributed by atoms with Crippen LogP contribution in [0.15, 0.2) is 36.4 Å². The van der Waals surface area contributed by atoms with E-state index in [4.69, 9.17) is 9.47 Å². The number of hydrogen-bond acceptors (Lipinski definition) is 3. The Hall–Kier alpha value is -2.30. The standard InChI is InChI=1S/C26H35NO3/c1-5-18(13-14-28)25-23(8-7-15-29-3)24-17-21(16-19(6-2)26(24)27-25)20-9-11-22(30-4)12-10-20/h9-12,16-18,27-28H,5-8,13-15H2,1-4H3. The minimum absolute atomic E-state index is 0.211. The lowest BCUT2D eigenvalue weighted by Gasteiger charge is -2.15. The maximum Gasteiger partial charge on any atom is 0.118 e. The van der Waals surface area contributed by atoms with Gasteiger partial charge in [0.1, 0.15) is 5.75 Å². The van der Waals surface area contributed by atoms with Crippen molar-refractivity contribution in [2.24, 2.45) is 0 Å². The molecule has 2 N–H and O–H groups in total. The first-order valence-electron chi connectivity index (χ1n) is 11.1. The molecule has 0 saturated heterocycles. The predicted octanol–water partition coefficient (Wildman–Crippen LogP) is 5.86. The van der Waals surface area contributed by atoms with Crippen molar-refractivity contribution in [2.75, 3.05) is 27.4 Å². The molecule has 0 amide bonds. The van der Waals surface area contributed by atoms with Crippen LogP contribution >= 0.6 is 0 Å². The Morgan fingerprint density at radius 3 is 2.40 bits per heavy atom. The molecule has 1 aromatic heterocycles. The van der Waals surface area contributed by atoms with E-state index in [9.17, 15) is 5.11 Å². The topological polar surface area (TPSA) is 54.5 Å². The van der Waals surface area contributed by atoms with Crippen LogP contribution in [0, 0.1) is 0 Å². The van der Waals surface area contributed by atoms with Gasteiger partial charge in [-0.05, 0) is 78.6 Å². The van der Waals surface area contributed by atoms with E-state index in [0.717, 1.165) is 44.5 Å². The number of rotatable bonds is 11. The molecular formula is C26H35NO3. The van der Waals surface area contributed by atoms with Crippen molar-refractivity contribution in [1.82, 2.24) is 4.98 Å². The second-order valence-corrected chi connectivity index (χ2v) is 7.87. The van der Waals surface area contributed by atoms with Crippen LogP contribution in [0.4, 0.5) is 0 Å². The highest BCUT2D eigenvalue weighted by atomic mass is 16.5. The predicted molar refractivity (Wildman–Crippen MR) is 125 cm³/mol. The Morgan fingerprint density at radius 1 is 1.03 bits per heavy atom. The molecule has 162 valence electrons. The van der Waals surface area contributed by atoms with Gasteiger partial charge in [0.15, 0.2) is 0 Å². The van der Waals surface area contributed by atoms with Gasteiger partial charge >= 0.3 is 0 Å². The Labute approximate surface area is 180 Å². The Bertz CT molecular complexity index is 943.